The van der Waals surface area contributed by atoms with Gasteiger partial charge in [-0.25, -0.2) is 9.59 Å². The van der Waals surface area contributed by atoms with Crippen LogP contribution in [0.3, 0.4) is 0 Å². The molecule has 26 heavy (non-hydrogen) atoms. The molecule has 0 aliphatic carbocycles. The molecule has 1 atom stereocenters. The van der Waals surface area contributed by atoms with Crippen molar-refractivity contribution in [2.24, 2.45) is 0 Å². The van der Waals surface area contributed by atoms with Gasteiger partial charge in [-0.3, -0.25) is 0 Å². The van der Waals surface area contributed by atoms with Crippen LogP contribution in [0.25, 0.3) is 0 Å². The normalized spacial score (nSPS) is 16.8. The zero-order chi connectivity index (χ0) is 19.3. The molecule has 1 aliphatic heterocycles. The van der Waals surface area contributed by atoms with E-state index >= 15 is 0 Å². The van der Waals surface area contributed by atoms with E-state index in [1.54, 1.807) is 20.8 Å². The van der Waals surface area contributed by atoms with Crippen molar-refractivity contribution in [2.45, 2.75) is 38.8 Å². The van der Waals surface area contributed by atoms with Crippen molar-refractivity contribution >= 4 is 17.7 Å². The molecule has 144 valence electrons. The van der Waals surface area contributed by atoms with Crippen molar-refractivity contribution in [1.29, 1.82) is 0 Å². The molecule has 1 saturated heterocycles. The predicted octanol–water partition coefficient (Wildman–Crippen LogP) is 1.96. The molecule has 1 amide bonds. The molecule has 1 unspecified atom stereocenters. The molecule has 1 aromatic rings. The Kier molecular flexibility index (Phi) is 6.47. The monoisotopic (exact) mass is 363 g/mol. The number of alkyl carbamates (subject to hydrolysis) is 1. The highest BCUT2D eigenvalue weighted by molar-refractivity contribution is 5.80. The van der Waals surface area contributed by atoms with Crippen LogP contribution in [-0.4, -0.2) is 66.9 Å². The van der Waals surface area contributed by atoms with Crippen molar-refractivity contribution in [3.8, 4) is 0 Å². The second-order valence-corrected chi connectivity index (χ2v) is 7.70. The van der Waals surface area contributed by atoms with Crippen molar-refractivity contribution < 1.29 is 19.4 Å². The number of nitrogens with one attached hydrogen (secondary N) is 1. The maximum Gasteiger partial charge on any atom is 0.408 e. The van der Waals surface area contributed by atoms with E-state index in [4.69, 9.17) is 4.74 Å². The van der Waals surface area contributed by atoms with Crippen molar-refractivity contribution in [3.63, 3.8) is 0 Å². The third-order valence-corrected chi connectivity index (χ3v) is 4.23. The van der Waals surface area contributed by atoms with E-state index in [1.165, 1.54) is 0 Å². The van der Waals surface area contributed by atoms with E-state index in [9.17, 15) is 14.7 Å². The van der Waals surface area contributed by atoms with Gasteiger partial charge in [-0.15, -0.1) is 0 Å². The van der Waals surface area contributed by atoms with Crippen LogP contribution < -0.4 is 10.2 Å². The first kappa shape index (κ1) is 20.0. The van der Waals surface area contributed by atoms with Crippen LogP contribution in [0.5, 0.6) is 0 Å². The summed E-state index contributed by atoms with van der Waals surface area (Å²) in [5, 5.41) is 11.8. The van der Waals surface area contributed by atoms with Crippen LogP contribution in [0, 0.1) is 0 Å². The average molecular weight is 363 g/mol. The molecule has 0 spiro atoms. The quantitative estimate of drug-likeness (QED) is 0.832. The van der Waals surface area contributed by atoms with Gasteiger partial charge in [0.15, 0.2) is 0 Å². The zero-order valence-electron chi connectivity index (χ0n) is 16.0. The van der Waals surface area contributed by atoms with E-state index < -0.39 is 23.7 Å². The number of piperazine rings is 1. The van der Waals surface area contributed by atoms with Crippen LogP contribution in [0.1, 0.15) is 26.3 Å². The highest BCUT2D eigenvalue weighted by Gasteiger charge is 2.24. The SMILES string of the molecule is CN1CCN(c2ccc(CC(NC(=O)OC(C)(C)C)C(=O)O)cc2)CC1. The minimum Gasteiger partial charge on any atom is -0.480 e. The van der Waals surface area contributed by atoms with Gasteiger partial charge in [-0.1, -0.05) is 12.1 Å². The Morgan fingerprint density at radius 2 is 1.73 bits per heavy atom. The minimum absolute atomic E-state index is 0.206. The highest BCUT2D eigenvalue weighted by Crippen LogP contribution is 2.18. The van der Waals surface area contributed by atoms with Crippen molar-refractivity contribution in [2.75, 3.05) is 38.1 Å². The number of benzene rings is 1. The third kappa shape index (κ3) is 6.22. The number of hydrogen-bond donors (Lipinski definition) is 2. The molecule has 7 nitrogen and oxygen atoms in total. The van der Waals surface area contributed by atoms with Crippen LogP contribution in [0.2, 0.25) is 0 Å². The first-order valence-electron chi connectivity index (χ1n) is 8.89. The van der Waals surface area contributed by atoms with Gasteiger partial charge in [-0.2, -0.15) is 0 Å². The summed E-state index contributed by atoms with van der Waals surface area (Å²) in [6, 6.07) is 6.82. The van der Waals surface area contributed by atoms with Crippen molar-refractivity contribution in [1.82, 2.24) is 10.2 Å². The molecule has 1 aliphatic rings. The first-order chi connectivity index (χ1) is 12.1. The number of carboxylic acid groups (broad SMARTS) is 1. The summed E-state index contributed by atoms with van der Waals surface area (Å²) in [4.78, 5) is 27.9. The van der Waals surface area contributed by atoms with Gasteiger partial charge in [0, 0.05) is 38.3 Å². The lowest BCUT2D eigenvalue weighted by Crippen LogP contribution is -2.45. The van der Waals surface area contributed by atoms with Crippen molar-refractivity contribution in [3.05, 3.63) is 29.8 Å². The zero-order valence-corrected chi connectivity index (χ0v) is 16.0. The Bertz CT molecular complexity index is 617. The predicted molar refractivity (Wildman–Crippen MR) is 101 cm³/mol. The number of nitrogens with zero attached hydrogens (tertiary/aromatic N) is 2. The molecule has 0 radical (unpaired) electrons. The molecule has 7 heteroatoms. The molecule has 0 bridgehead atoms. The number of rotatable bonds is 5. The van der Waals surface area contributed by atoms with E-state index in [2.05, 4.69) is 22.2 Å². The van der Waals surface area contributed by atoms with Crippen LogP contribution >= 0.6 is 0 Å². The Hall–Kier alpha value is -2.28. The van der Waals surface area contributed by atoms with Gasteiger partial charge in [0.25, 0.3) is 0 Å². The average Bonchev–Trinajstić information content (AvgIpc) is 2.54. The number of anilines is 1. The summed E-state index contributed by atoms with van der Waals surface area (Å²) in [5.74, 6) is -1.08. The molecule has 2 rings (SSSR count). The van der Waals surface area contributed by atoms with Gasteiger partial charge in [0.05, 0.1) is 0 Å². The second-order valence-electron chi connectivity index (χ2n) is 7.70. The summed E-state index contributed by atoms with van der Waals surface area (Å²) in [6.45, 7) is 9.23. The van der Waals surface area contributed by atoms with E-state index in [0.717, 1.165) is 37.4 Å². The summed E-state index contributed by atoms with van der Waals surface area (Å²) < 4.78 is 5.14. The second kappa shape index (κ2) is 8.40. The maximum absolute atomic E-state index is 11.8. The van der Waals surface area contributed by atoms with E-state index in [1.807, 2.05) is 24.3 Å². The lowest BCUT2D eigenvalue weighted by atomic mass is 10.1. The van der Waals surface area contributed by atoms with Gasteiger partial charge >= 0.3 is 12.1 Å². The summed E-state index contributed by atoms with van der Waals surface area (Å²) in [6.07, 6.45) is -0.517. The Balaban J connectivity index is 1.96. The minimum atomic E-state index is -1.08. The lowest BCUT2D eigenvalue weighted by Gasteiger charge is -2.34. The number of carboxylic acids is 1. The summed E-state index contributed by atoms with van der Waals surface area (Å²) >= 11 is 0. The number of carbonyl (C=O) groups excluding carboxylic acids is 1. The first-order valence-corrected chi connectivity index (χ1v) is 8.89. The highest BCUT2D eigenvalue weighted by atomic mass is 16.6. The van der Waals surface area contributed by atoms with E-state index in [-0.39, 0.29) is 6.42 Å². The number of amides is 1. The van der Waals surface area contributed by atoms with Gasteiger partial charge in [0.1, 0.15) is 11.6 Å². The topological polar surface area (TPSA) is 82.1 Å². The molecule has 2 N–H and O–H groups in total. The number of aliphatic carboxylic acids is 1. The fourth-order valence-electron chi connectivity index (χ4n) is 2.79. The fourth-order valence-corrected chi connectivity index (χ4v) is 2.79. The molecular weight excluding hydrogens is 334 g/mol. The number of ether oxygens (including phenoxy) is 1. The fraction of sp³-hybridized carbons (Fsp3) is 0.579. The Morgan fingerprint density at radius 3 is 2.23 bits per heavy atom. The lowest BCUT2D eigenvalue weighted by molar-refractivity contribution is -0.139. The number of hydrogen-bond acceptors (Lipinski definition) is 5. The molecule has 1 fully saturated rings. The molecule has 1 heterocycles. The molecular formula is C19H29N3O4. The van der Waals surface area contributed by atoms with Gasteiger partial charge in [-0.05, 0) is 45.5 Å². The summed E-state index contributed by atoms with van der Waals surface area (Å²) in [5.41, 5.74) is 1.32. The largest absolute Gasteiger partial charge is 0.480 e. The smallest absolute Gasteiger partial charge is 0.408 e. The molecule has 1 aromatic carbocycles. The number of likely N-dealkylation sites (N-methyl/N-ethyl adjacent to an activating group) is 1. The van der Waals surface area contributed by atoms with Crippen LogP contribution in [-0.2, 0) is 16.0 Å². The summed E-state index contributed by atoms with van der Waals surface area (Å²) in [7, 11) is 2.12. The third-order valence-electron chi connectivity index (χ3n) is 4.23. The van der Waals surface area contributed by atoms with Gasteiger partial charge < -0.3 is 25.0 Å². The van der Waals surface area contributed by atoms with E-state index in [0.29, 0.717) is 0 Å². The van der Waals surface area contributed by atoms with Crippen LogP contribution in [0.15, 0.2) is 24.3 Å². The Morgan fingerprint density at radius 1 is 1.15 bits per heavy atom. The molecule has 0 aromatic heterocycles. The molecule has 0 saturated carbocycles. The van der Waals surface area contributed by atoms with Crippen LogP contribution in [0.4, 0.5) is 10.5 Å². The number of carbonyl (C=O) groups is 2. The Labute approximate surface area is 154 Å². The standard InChI is InChI=1S/C19H29N3O4/c1-19(2,3)26-18(25)20-16(17(23)24)13-14-5-7-15(8-6-14)22-11-9-21(4)10-12-22/h5-8,16H,9-13H2,1-4H3,(H,20,25)(H,23,24). The van der Waals surface area contributed by atoms with Gasteiger partial charge in [0.2, 0.25) is 0 Å². The maximum atomic E-state index is 11.8.